The fraction of sp³-hybridized carbons (Fsp3) is 0.214. The van der Waals surface area contributed by atoms with Crippen molar-refractivity contribution in [1.29, 1.82) is 0 Å². The number of nitro benzene ring substituents is 1. The molecule has 104 valence electrons. The van der Waals surface area contributed by atoms with Gasteiger partial charge in [-0.25, -0.2) is 0 Å². The van der Waals surface area contributed by atoms with Gasteiger partial charge in [-0.1, -0.05) is 18.2 Å². The van der Waals surface area contributed by atoms with Gasteiger partial charge >= 0.3 is 0 Å². The lowest BCUT2D eigenvalue weighted by atomic mass is 10.1. The number of nitrogens with two attached hydrogens (primary N) is 1. The lowest BCUT2D eigenvalue weighted by molar-refractivity contribution is -0.385. The molecule has 0 aliphatic heterocycles. The minimum Gasteiger partial charge on any atom is -0.492 e. The minimum atomic E-state index is -0.382. The van der Waals surface area contributed by atoms with Gasteiger partial charge in [0, 0.05) is 24.6 Å². The van der Waals surface area contributed by atoms with E-state index in [2.05, 4.69) is 4.98 Å². The summed E-state index contributed by atoms with van der Waals surface area (Å²) in [5.41, 5.74) is 7.02. The van der Waals surface area contributed by atoms with Crippen LogP contribution in [-0.4, -0.2) is 16.5 Å². The van der Waals surface area contributed by atoms with Gasteiger partial charge in [0.25, 0.3) is 5.69 Å². The first-order valence-electron chi connectivity index (χ1n) is 6.21. The van der Waals surface area contributed by atoms with Crippen LogP contribution in [0.2, 0.25) is 0 Å². The maximum Gasteiger partial charge on any atom is 0.272 e. The third kappa shape index (κ3) is 3.52. The van der Waals surface area contributed by atoms with E-state index < -0.39 is 0 Å². The molecular weight excluding hydrogens is 258 g/mol. The van der Waals surface area contributed by atoms with Crippen molar-refractivity contribution in [1.82, 2.24) is 4.98 Å². The lowest BCUT2D eigenvalue weighted by Gasteiger charge is -2.06. The maximum absolute atomic E-state index is 10.9. The van der Waals surface area contributed by atoms with Gasteiger partial charge in [-0.2, -0.15) is 0 Å². The summed E-state index contributed by atoms with van der Waals surface area (Å²) >= 11 is 0. The van der Waals surface area contributed by atoms with Crippen molar-refractivity contribution < 1.29 is 9.66 Å². The zero-order valence-corrected chi connectivity index (χ0v) is 10.9. The molecule has 0 spiro atoms. The second kappa shape index (κ2) is 6.63. The van der Waals surface area contributed by atoms with E-state index in [9.17, 15) is 10.1 Å². The summed E-state index contributed by atoms with van der Waals surface area (Å²) < 4.78 is 5.52. The average molecular weight is 273 g/mol. The third-order valence-corrected chi connectivity index (χ3v) is 2.84. The van der Waals surface area contributed by atoms with Crippen molar-refractivity contribution in [3.63, 3.8) is 0 Å². The van der Waals surface area contributed by atoms with E-state index in [0.717, 1.165) is 5.69 Å². The van der Waals surface area contributed by atoms with Crippen molar-refractivity contribution in [3.05, 3.63) is 64.0 Å². The minimum absolute atomic E-state index is 0.118. The number of nitrogens with zero attached hydrogens (tertiary/aromatic N) is 2. The molecule has 2 N–H and O–H groups in total. The van der Waals surface area contributed by atoms with Crippen molar-refractivity contribution >= 4 is 5.69 Å². The third-order valence-electron chi connectivity index (χ3n) is 2.84. The Morgan fingerprint density at radius 3 is 2.70 bits per heavy atom. The van der Waals surface area contributed by atoms with Gasteiger partial charge in [0.05, 0.1) is 23.4 Å². The summed E-state index contributed by atoms with van der Waals surface area (Å²) in [6.07, 6.45) is 2.07. The van der Waals surface area contributed by atoms with Crippen LogP contribution in [0.15, 0.2) is 42.6 Å². The molecule has 0 saturated heterocycles. The van der Waals surface area contributed by atoms with Crippen LogP contribution in [0.5, 0.6) is 5.75 Å². The number of hydrogen-bond donors (Lipinski definition) is 1. The number of ether oxygens (including phenoxy) is 1. The van der Waals surface area contributed by atoms with E-state index in [1.165, 1.54) is 6.07 Å². The predicted octanol–water partition coefficient (Wildman–Crippen LogP) is 2.07. The molecular formula is C14H15N3O3. The van der Waals surface area contributed by atoms with Crippen LogP contribution in [-0.2, 0) is 13.0 Å². The second-order valence-electron chi connectivity index (χ2n) is 4.17. The van der Waals surface area contributed by atoms with E-state index in [1.54, 1.807) is 36.5 Å². The topological polar surface area (TPSA) is 91.3 Å². The highest BCUT2D eigenvalue weighted by Crippen LogP contribution is 2.18. The Bertz CT molecular complexity index is 584. The number of rotatable bonds is 6. The molecule has 0 fully saturated rings. The summed E-state index contributed by atoms with van der Waals surface area (Å²) in [6, 6.07) is 10.2. The monoisotopic (exact) mass is 273 g/mol. The van der Waals surface area contributed by atoms with Gasteiger partial charge < -0.3 is 10.5 Å². The Morgan fingerprint density at radius 2 is 2.05 bits per heavy atom. The van der Waals surface area contributed by atoms with Crippen LogP contribution >= 0.6 is 0 Å². The molecule has 0 unspecified atom stereocenters. The molecule has 1 aromatic carbocycles. The van der Waals surface area contributed by atoms with E-state index >= 15 is 0 Å². The number of benzene rings is 1. The smallest absolute Gasteiger partial charge is 0.272 e. The molecule has 1 aromatic heterocycles. The van der Waals surface area contributed by atoms with E-state index in [1.807, 2.05) is 0 Å². The number of pyridine rings is 1. The first-order valence-corrected chi connectivity index (χ1v) is 6.21. The molecule has 0 radical (unpaired) electrons. The van der Waals surface area contributed by atoms with E-state index in [-0.39, 0.29) is 10.6 Å². The molecule has 2 aromatic rings. The summed E-state index contributed by atoms with van der Waals surface area (Å²) in [6.45, 7) is 0.741. The van der Waals surface area contributed by atoms with Crippen molar-refractivity contribution in [2.24, 2.45) is 5.73 Å². The van der Waals surface area contributed by atoms with Crippen LogP contribution in [0.25, 0.3) is 0 Å². The number of aromatic nitrogens is 1. The molecule has 6 nitrogen and oxygen atoms in total. The number of hydrogen-bond acceptors (Lipinski definition) is 5. The molecule has 0 atom stereocenters. The molecule has 0 bridgehead atoms. The van der Waals surface area contributed by atoms with Crippen molar-refractivity contribution in [2.45, 2.75) is 13.0 Å². The van der Waals surface area contributed by atoms with Gasteiger partial charge in [-0.15, -0.1) is 0 Å². The highest BCUT2D eigenvalue weighted by atomic mass is 16.6. The molecule has 2 rings (SSSR count). The van der Waals surface area contributed by atoms with Crippen molar-refractivity contribution in [3.8, 4) is 5.75 Å². The maximum atomic E-state index is 10.9. The van der Waals surface area contributed by atoms with Gasteiger partial charge in [0.1, 0.15) is 5.75 Å². The van der Waals surface area contributed by atoms with Crippen molar-refractivity contribution in [2.75, 3.05) is 6.61 Å². The zero-order chi connectivity index (χ0) is 14.4. The van der Waals surface area contributed by atoms with Gasteiger partial charge in [0.15, 0.2) is 0 Å². The van der Waals surface area contributed by atoms with Crippen LogP contribution in [0.3, 0.4) is 0 Å². The lowest BCUT2D eigenvalue weighted by Crippen LogP contribution is -2.05. The summed E-state index contributed by atoms with van der Waals surface area (Å²) in [7, 11) is 0. The normalized spacial score (nSPS) is 10.2. The predicted molar refractivity (Wildman–Crippen MR) is 74.4 cm³/mol. The fourth-order valence-electron chi connectivity index (χ4n) is 1.80. The average Bonchev–Trinajstić information content (AvgIpc) is 2.48. The fourth-order valence-corrected chi connectivity index (χ4v) is 1.80. The van der Waals surface area contributed by atoms with Crippen LogP contribution in [0.4, 0.5) is 5.69 Å². The van der Waals surface area contributed by atoms with Crippen LogP contribution < -0.4 is 10.5 Å². The first-order chi connectivity index (χ1) is 9.70. The summed E-state index contributed by atoms with van der Waals surface area (Å²) in [5, 5.41) is 10.9. The Hall–Kier alpha value is -2.47. The van der Waals surface area contributed by atoms with Crippen LogP contribution in [0, 0.1) is 10.1 Å². The van der Waals surface area contributed by atoms with Gasteiger partial charge in [-0.3, -0.25) is 15.1 Å². The molecule has 0 amide bonds. The SMILES string of the molecule is NCc1ccc(OCCc2ccccc2[N+](=O)[O-])cn1. The Morgan fingerprint density at radius 1 is 1.25 bits per heavy atom. The Labute approximate surface area is 116 Å². The number of nitro groups is 1. The second-order valence-corrected chi connectivity index (χ2v) is 4.17. The van der Waals surface area contributed by atoms with Gasteiger partial charge in [0.2, 0.25) is 0 Å². The number of para-hydroxylation sites is 1. The highest BCUT2D eigenvalue weighted by Gasteiger charge is 2.11. The first kappa shape index (κ1) is 14.0. The molecule has 20 heavy (non-hydrogen) atoms. The zero-order valence-electron chi connectivity index (χ0n) is 10.9. The van der Waals surface area contributed by atoms with Crippen LogP contribution in [0.1, 0.15) is 11.3 Å². The quantitative estimate of drug-likeness (QED) is 0.642. The summed E-state index contributed by atoms with van der Waals surface area (Å²) in [4.78, 5) is 14.6. The standard InChI is InChI=1S/C14H15N3O3/c15-9-12-5-6-13(10-16-12)20-8-7-11-3-1-2-4-14(11)17(18)19/h1-6,10H,7-9,15H2. The Kier molecular flexibility index (Phi) is 4.62. The highest BCUT2D eigenvalue weighted by molar-refractivity contribution is 5.39. The van der Waals surface area contributed by atoms with E-state index in [4.69, 9.17) is 10.5 Å². The molecule has 0 saturated carbocycles. The molecule has 1 heterocycles. The van der Waals surface area contributed by atoms with E-state index in [0.29, 0.717) is 30.9 Å². The Balaban J connectivity index is 1.94. The van der Waals surface area contributed by atoms with Gasteiger partial charge in [-0.05, 0) is 12.1 Å². The molecule has 0 aliphatic carbocycles. The summed E-state index contributed by atoms with van der Waals surface area (Å²) in [5.74, 6) is 0.626. The molecule has 6 heteroatoms. The molecule has 0 aliphatic rings. The largest absolute Gasteiger partial charge is 0.492 e.